The van der Waals surface area contributed by atoms with Gasteiger partial charge in [-0.15, -0.1) is 11.3 Å². The third kappa shape index (κ3) is 6.24. The molecule has 42 heavy (non-hydrogen) atoms. The van der Waals surface area contributed by atoms with Crippen molar-refractivity contribution in [3.05, 3.63) is 95.5 Å². The fourth-order valence-corrected chi connectivity index (χ4v) is 6.92. The Morgan fingerprint density at radius 3 is 2.55 bits per heavy atom. The zero-order chi connectivity index (χ0) is 29.1. The summed E-state index contributed by atoms with van der Waals surface area (Å²) >= 11 is 1.30. The zero-order valence-corrected chi connectivity index (χ0v) is 24.7. The molecule has 1 atom stereocenters. The Morgan fingerprint density at radius 1 is 1.05 bits per heavy atom. The van der Waals surface area contributed by atoms with E-state index in [2.05, 4.69) is 37.0 Å². The van der Waals surface area contributed by atoms with Crippen molar-refractivity contribution in [2.75, 3.05) is 36.5 Å². The average Bonchev–Trinajstić information content (AvgIpc) is 3.65. The SMILES string of the molecule is Cc1ccc(S(=O)(=O)NC(Cc2c[nH]c3ccccc23)C(=O)Nc2nc(-c3ccc(N4CCOCC4)cc3)cs2)cc1. The van der Waals surface area contributed by atoms with Crippen LogP contribution in [0.5, 0.6) is 0 Å². The minimum Gasteiger partial charge on any atom is -0.378 e. The number of nitrogens with one attached hydrogen (secondary N) is 3. The van der Waals surface area contributed by atoms with Gasteiger partial charge in [0, 0.05) is 46.8 Å². The van der Waals surface area contributed by atoms with E-state index >= 15 is 0 Å². The standard InChI is InChI=1S/C31H31N5O4S2/c1-21-6-12-25(13-7-21)42(38,39)35-28(18-23-19-32-27-5-3-2-4-26(23)27)30(37)34-31-33-29(20-41-31)22-8-10-24(11-9-22)36-14-16-40-17-15-36/h2-13,19-20,28,32,35H,14-18H2,1H3,(H,33,34,37). The molecule has 3 aromatic carbocycles. The number of sulfonamides is 1. The first kappa shape index (κ1) is 28.1. The largest absolute Gasteiger partial charge is 0.378 e. The first-order chi connectivity index (χ1) is 20.4. The summed E-state index contributed by atoms with van der Waals surface area (Å²) in [6.45, 7) is 5.05. The van der Waals surface area contributed by atoms with E-state index in [0.29, 0.717) is 5.13 Å². The lowest BCUT2D eigenvalue weighted by molar-refractivity contribution is -0.117. The molecular formula is C31H31N5O4S2. The monoisotopic (exact) mass is 601 g/mol. The van der Waals surface area contributed by atoms with Crippen LogP contribution in [0.1, 0.15) is 11.1 Å². The van der Waals surface area contributed by atoms with Crippen molar-refractivity contribution in [3.8, 4) is 11.3 Å². The second-order valence-electron chi connectivity index (χ2n) is 10.2. The Balaban J connectivity index is 1.21. The highest BCUT2D eigenvalue weighted by molar-refractivity contribution is 7.89. The van der Waals surface area contributed by atoms with Gasteiger partial charge in [-0.25, -0.2) is 13.4 Å². The van der Waals surface area contributed by atoms with Gasteiger partial charge in [-0.05, 0) is 49.2 Å². The predicted octanol–water partition coefficient (Wildman–Crippen LogP) is 4.96. The number of H-pyrrole nitrogens is 1. The molecule has 2 aromatic heterocycles. The number of carbonyl (C=O) groups is 1. The van der Waals surface area contributed by atoms with Crippen LogP contribution in [0.2, 0.25) is 0 Å². The molecule has 3 heterocycles. The number of rotatable bonds is 9. The normalized spacial score (nSPS) is 14.6. The van der Waals surface area contributed by atoms with Gasteiger partial charge in [0.15, 0.2) is 5.13 Å². The van der Waals surface area contributed by atoms with E-state index in [-0.39, 0.29) is 11.3 Å². The number of nitrogens with zero attached hydrogens (tertiary/aromatic N) is 2. The highest BCUT2D eigenvalue weighted by Gasteiger charge is 2.28. The van der Waals surface area contributed by atoms with Crippen molar-refractivity contribution in [1.82, 2.24) is 14.7 Å². The molecule has 0 radical (unpaired) electrons. The van der Waals surface area contributed by atoms with Gasteiger partial charge in [-0.1, -0.05) is 48.0 Å². The number of aromatic nitrogens is 2. The van der Waals surface area contributed by atoms with Gasteiger partial charge < -0.3 is 19.9 Å². The van der Waals surface area contributed by atoms with E-state index in [1.165, 1.54) is 23.5 Å². The number of benzene rings is 3. The Labute approximate surface area is 248 Å². The summed E-state index contributed by atoms with van der Waals surface area (Å²) < 4.78 is 34.7. The molecule has 5 aromatic rings. The maximum atomic E-state index is 13.6. The number of anilines is 2. The molecule has 1 unspecified atom stereocenters. The third-order valence-electron chi connectivity index (χ3n) is 7.32. The number of hydrogen-bond donors (Lipinski definition) is 3. The lowest BCUT2D eigenvalue weighted by Gasteiger charge is -2.28. The topological polar surface area (TPSA) is 116 Å². The van der Waals surface area contributed by atoms with E-state index in [1.807, 2.05) is 54.9 Å². The van der Waals surface area contributed by atoms with Crippen LogP contribution < -0.4 is 14.9 Å². The van der Waals surface area contributed by atoms with E-state index in [4.69, 9.17) is 4.74 Å². The Hall–Kier alpha value is -4.03. The fraction of sp³-hybridized carbons (Fsp3) is 0.226. The number of ether oxygens (including phenoxy) is 1. The summed E-state index contributed by atoms with van der Waals surface area (Å²) in [4.78, 5) is 23.8. The minimum atomic E-state index is -3.97. The van der Waals surface area contributed by atoms with Crippen molar-refractivity contribution in [2.24, 2.45) is 0 Å². The molecule has 1 fully saturated rings. The van der Waals surface area contributed by atoms with Gasteiger partial charge in [0.25, 0.3) is 0 Å². The van der Waals surface area contributed by atoms with E-state index < -0.39 is 22.0 Å². The zero-order valence-electron chi connectivity index (χ0n) is 23.0. The number of morpholine rings is 1. The Kier molecular flexibility index (Phi) is 8.07. The maximum Gasteiger partial charge on any atom is 0.244 e. The molecule has 3 N–H and O–H groups in total. The highest BCUT2D eigenvalue weighted by Crippen LogP contribution is 2.28. The molecule has 216 valence electrons. The number of thiazole rings is 1. The molecule has 0 aliphatic carbocycles. The Bertz CT molecular complexity index is 1790. The average molecular weight is 602 g/mol. The van der Waals surface area contributed by atoms with Crippen LogP contribution in [0.4, 0.5) is 10.8 Å². The molecular weight excluding hydrogens is 571 g/mol. The molecule has 11 heteroatoms. The molecule has 0 bridgehead atoms. The number of fused-ring (bicyclic) bond motifs is 1. The minimum absolute atomic E-state index is 0.0990. The van der Waals surface area contributed by atoms with Crippen LogP contribution >= 0.6 is 11.3 Å². The Morgan fingerprint density at radius 2 is 1.79 bits per heavy atom. The van der Waals surface area contributed by atoms with E-state index in [0.717, 1.165) is 65.3 Å². The molecule has 0 spiro atoms. The first-order valence-corrected chi connectivity index (χ1v) is 16.1. The molecule has 9 nitrogen and oxygen atoms in total. The highest BCUT2D eigenvalue weighted by atomic mass is 32.2. The van der Waals surface area contributed by atoms with Gasteiger partial charge in [0.05, 0.1) is 23.8 Å². The summed E-state index contributed by atoms with van der Waals surface area (Å²) in [5.74, 6) is -0.487. The van der Waals surface area contributed by atoms with Crippen molar-refractivity contribution < 1.29 is 17.9 Å². The van der Waals surface area contributed by atoms with Crippen LogP contribution in [0.3, 0.4) is 0 Å². The molecule has 6 rings (SSSR count). The number of amides is 1. The van der Waals surface area contributed by atoms with Crippen molar-refractivity contribution in [3.63, 3.8) is 0 Å². The predicted molar refractivity (Wildman–Crippen MR) is 167 cm³/mol. The molecule has 1 saturated heterocycles. The molecule has 1 amide bonds. The summed E-state index contributed by atoms with van der Waals surface area (Å²) in [6.07, 6.45) is 1.97. The van der Waals surface area contributed by atoms with Crippen LogP contribution in [-0.2, 0) is 26.0 Å². The molecule has 0 saturated carbocycles. The van der Waals surface area contributed by atoms with Crippen molar-refractivity contribution in [1.29, 1.82) is 0 Å². The third-order valence-corrected chi connectivity index (χ3v) is 9.56. The van der Waals surface area contributed by atoms with Crippen LogP contribution in [0.15, 0.2) is 89.3 Å². The second-order valence-corrected chi connectivity index (χ2v) is 12.8. The number of para-hydroxylation sites is 1. The number of aromatic amines is 1. The molecule has 1 aliphatic heterocycles. The molecule has 1 aliphatic rings. The van der Waals surface area contributed by atoms with E-state index in [1.54, 1.807) is 12.1 Å². The van der Waals surface area contributed by atoms with Gasteiger partial charge in [-0.2, -0.15) is 4.72 Å². The number of aryl methyl sites for hydroxylation is 1. The van der Waals surface area contributed by atoms with E-state index in [9.17, 15) is 13.2 Å². The summed E-state index contributed by atoms with van der Waals surface area (Å²) in [5, 5.41) is 6.05. The smallest absolute Gasteiger partial charge is 0.244 e. The maximum absolute atomic E-state index is 13.6. The van der Waals surface area contributed by atoms with Gasteiger partial charge in [0.1, 0.15) is 6.04 Å². The second kappa shape index (κ2) is 12.1. The van der Waals surface area contributed by atoms with Crippen molar-refractivity contribution >= 4 is 49.0 Å². The van der Waals surface area contributed by atoms with Crippen LogP contribution in [-0.4, -0.2) is 56.6 Å². The quantitative estimate of drug-likeness (QED) is 0.220. The van der Waals surface area contributed by atoms with Crippen LogP contribution in [0, 0.1) is 6.92 Å². The van der Waals surface area contributed by atoms with Gasteiger partial charge in [-0.3, -0.25) is 4.79 Å². The van der Waals surface area contributed by atoms with Crippen LogP contribution in [0.25, 0.3) is 22.2 Å². The summed E-state index contributed by atoms with van der Waals surface area (Å²) in [5.41, 5.74) is 5.48. The summed E-state index contributed by atoms with van der Waals surface area (Å²) in [6, 6.07) is 21.3. The van der Waals surface area contributed by atoms with Gasteiger partial charge in [0.2, 0.25) is 15.9 Å². The van der Waals surface area contributed by atoms with Crippen molar-refractivity contribution in [2.45, 2.75) is 24.3 Å². The lowest BCUT2D eigenvalue weighted by atomic mass is 10.1. The lowest BCUT2D eigenvalue weighted by Crippen LogP contribution is -2.45. The summed E-state index contributed by atoms with van der Waals surface area (Å²) in [7, 11) is -3.97. The number of hydrogen-bond acceptors (Lipinski definition) is 7. The number of carbonyl (C=O) groups excluding carboxylic acids is 1. The fourth-order valence-electron chi connectivity index (χ4n) is 5.00. The van der Waals surface area contributed by atoms with Gasteiger partial charge >= 0.3 is 0 Å². The first-order valence-electron chi connectivity index (χ1n) is 13.7.